The fourth-order valence-electron chi connectivity index (χ4n) is 1.70. The highest BCUT2D eigenvalue weighted by molar-refractivity contribution is 7.09. The second-order valence-electron chi connectivity index (χ2n) is 4.30. The van der Waals surface area contributed by atoms with Crippen molar-refractivity contribution in [3.05, 3.63) is 34.5 Å². The Labute approximate surface area is 122 Å². The summed E-state index contributed by atoms with van der Waals surface area (Å²) in [6.45, 7) is 1.79. The maximum atomic E-state index is 12.5. The number of carbonyl (C=O) groups is 1. The Morgan fingerprint density at radius 1 is 1.52 bits per heavy atom. The normalized spacial score (nSPS) is 13.1. The summed E-state index contributed by atoms with van der Waals surface area (Å²) in [6.07, 6.45) is -0.839. The molecule has 0 spiro atoms. The lowest BCUT2D eigenvalue weighted by atomic mass is 10.2. The van der Waals surface area contributed by atoms with Crippen molar-refractivity contribution in [2.24, 2.45) is 0 Å². The van der Waals surface area contributed by atoms with Gasteiger partial charge >= 0.3 is 6.18 Å². The maximum Gasteiger partial charge on any atom is 0.434 e. The lowest BCUT2D eigenvalue weighted by Crippen LogP contribution is -2.31. The number of aromatic nitrogens is 3. The van der Waals surface area contributed by atoms with Crippen LogP contribution in [-0.2, 0) is 17.5 Å². The summed E-state index contributed by atoms with van der Waals surface area (Å²) < 4.78 is 39.0. The minimum absolute atomic E-state index is 0.0149. The SMILES string of the molecule is CC[C@@H](NC(=O)Cn1cccn1)c1nc(C(F)(F)F)cs1. The molecule has 2 aromatic heterocycles. The molecule has 2 heterocycles. The third-order valence-electron chi connectivity index (χ3n) is 2.72. The van der Waals surface area contributed by atoms with Gasteiger partial charge in [-0.3, -0.25) is 9.48 Å². The number of alkyl halides is 3. The van der Waals surface area contributed by atoms with Crippen LogP contribution < -0.4 is 5.32 Å². The Balaban J connectivity index is 2.02. The third-order valence-corrected chi connectivity index (χ3v) is 3.68. The Morgan fingerprint density at radius 2 is 2.29 bits per heavy atom. The highest BCUT2D eigenvalue weighted by Gasteiger charge is 2.34. The third kappa shape index (κ3) is 4.03. The molecule has 0 saturated carbocycles. The second kappa shape index (κ2) is 6.25. The van der Waals surface area contributed by atoms with E-state index in [1.807, 2.05) is 0 Å². The van der Waals surface area contributed by atoms with Crippen LogP contribution in [0, 0.1) is 0 Å². The van der Waals surface area contributed by atoms with Gasteiger partial charge in [-0.1, -0.05) is 6.92 Å². The number of carbonyl (C=O) groups excluding carboxylic acids is 1. The molecule has 0 unspecified atom stereocenters. The zero-order chi connectivity index (χ0) is 15.5. The molecule has 0 aliphatic carbocycles. The van der Waals surface area contributed by atoms with Gasteiger partial charge in [-0.15, -0.1) is 11.3 Å². The second-order valence-corrected chi connectivity index (χ2v) is 5.19. The van der Waals surface area contributed by atoms with E-state index in [4.69, 9.17) is 0 Å². The van der Waals surface area contributed by atoms with Crippen molar-refractivity contribution in [3.63, 3.8) is 0 Å². The number of halogens is 3. The van der Waals surface area contributed by atoms with Crippen LogP contribution in [0.4, 0.5) is 13.2 Å². The maximum absolute atomic E-state index is 12.5. The molecule has 0 aliphatic rings. The van der Waals surface area contributed by atoms with E-state index in [1.54, 1.807) is 25.4 Å². The molecule has 0 radical (unpaired) electrons. The minimum Gasteiger partial charge on any atom is -0.345 e. The summed E-state index contributed by atoms with van der Waals surface area (Å²) in [5.41, 5.74) is -0.928. The molecule has 0 aromatic carbocycles. The molecule has 1 atom stereocenters. The first-order valence-electron chi connectivity index (χ1n) is 6.19. The first kappa shape index (κ1) is 15.5. The zero-order valence-electron chi connectivity index (χ0n) is 11.1. The van der Waals surface area contributed by atoms with Crippen molar-refractivity contribution in [2.75, 3.05) is 0 Å². The monoisotopic (exact) mass is 318 g/mol. The van der Waals surface area contributed by atoms with Gasteiger partial charge in [0.15, 0.2) is 5.69 Å². The van der Waals surface area contributed by atoms with Crippen molar-refractivity contribution in [1.82, 2.24) is 20.1 Å². The molecule has 9 heteroatoms. The lowest BCUT2D eigenvalue weighted by molar-refractivity contribution is -0.140. The molecular weight excluding hydrogens is 305 g/mol. The van der Waals surface area contributed by atoms with Crippen molar-refractivity contribution >= 4 is 17.2 Å². The molecule has 1 N–H and O–H groups in total. The number of thiazole rings is 1. The van der Waals surface area contributed by atoms with Gasteiger partial charge in [-0.2, -0.15) is 18.3 Å². The zero-order valence-corrected chi connectivity index (χ0v) is 11.9. The van der Waals surface area contributed by atoms with Crippen molar-refractivity contribution in [3.8, 4) is 0 Å². The smallest absolute Gasteiger partial charge is 0.345 e. The first-order chi connectivity index (χ1) is 9.90. The first-order valence-corrected chi connectivity index (χ1v) is 7.07. The average molecular weight is 318 g/mol. The van der Waals surface area contributed by atoms with Crippen LogP contribution in [-0.4, -0.2) is 20.7 Å². The summed E-state index contributed by atoms with van der Waals surface area (Å²) in [6, 6.07) is 1.15. The van der Waals surface area contributed by atoms with Crippen LogP contribution in [0.1, 0.15) is 30.1 Å². The molecule has 1 amide bonds. The molecule has 5 nitrogen and oxygen atoms in total. The number of rotatable bonds is 5. The molecule has 0 bridgehead atoms. The van der Waals surface area contributed by atoms with Gasteiger partial charge in [0.1, 0.15) is 11.6 Å². The predicted octanol–water partition coefficient (Wildman–Crippen LogP) is 2.63. The minimum atomic E-state index is -4.47. The topological polar surface area (TPSA) is 59.8 Å². The fraction of sp³-hybridized carbons (Fsp3) is 0.417. The summed E-state index contributed by atoms with van der Waals surface area (Å²) in [4.78, 5) is 15.4. The molecule has 0 aliphatic heterocycles. The average Bonchev–Trinajstić information content (AvgIpc) is 3.05. The van der Waals surface area contributed by atoms with Crippen LogP contribution in [0.3, 0.4) is 0 Å². The van der Waals surface area contributed by atoms with Crippen LogP contribution in [0.15, 0.2) is 23.8 Å². The highest BCUT2D eigenvalue weighted by Crippen LogP contribution is 2.32. The van der Waals surface area contributed by atoms with Gasteiger partial charge in [0.2, 0.25) is 5.91 Å². The lowest BCUT2D eigenvalue weighted by Gasteiger charge is -2.14. The van der Waals surface area contributed by atoms with Crippen LogP contribution in [0.2, 0.25) is 0 Å². The standard InChI is InChI=1S/C12H13F3N4OS/c1-2-8(11-18-9(7-21-11)12(13,14)15)17-10(20)6-19-5-3-4-16-19/h3-5,7-8H,2,6H2,1H3,(H,17,20)/t8-/m1/s1. The predicted molar refractivity (Wildman–Crippen MR) is 70.5 cm³/mol. The Kier molecular flexibility index (Phi) is 4.61. The van der Waals surface area contributed by atoms with Crippen LogP contribution in [0.5, 0.6) is 0 Å². The Bertz CT molecular complexity index is 594. The Hall–Kier alpha value is -1.90. The number of nitrogens with one attached hydrogen (secondary N) is 1. The van der Waals surface area contributed by atoms with Gasteiger partial charge in [-0.05, 0) is 12.5 Å². The number of hydrogen-bond acceptors (Lipinski definition) is 4. The van der Waals surface area contributed by atoms with E-state index in [1.165, 1.54) is 4.68 Å². The van der Waals surface area contributed by atoms with Crippen molar-refractivity contribution in [2.45, 2.75) is 32.1 Å². The van der Waals surface area contributed by atoms with Crippen molar-refractivity contribution in [1.29, 1.82) is 0 Å². The molecular formula is C12H13F3N4OS. The molecule has 114 valence electrons. The summed E-state index contributed by atoms with van der Waals surface area (Å²) in [5, 5.41) is 7.76. The quantitative estimate of drug-likeness (QED) is 0.922. The van der Waals surface area contributed by atoms with E-state index in [0.717, 1.165) is 16.7 Å². The van der Waals surface area contributed by atoms with Gasteiger partial charge in [-0.25, -0.2) is 4.98 Å². The summed E-state index contributed by atoms with van der Waals surface area (Å²) >= 11 is 0.891. The van der Waals surface area contributed by atoms with E-state index in [9.17, 15) is 18.0 Å². The van der Waals surface area contributed by atoms with E-state index < -0.39 is 17.9 Å². The summed E-state index contributed by atoms with van der Waals surface area (Å²) in [5.74, 6) is -0.325. The fourth-order valence-corrected chi connectivity index (χ4v) is 2.66. The van der Waals surface area contributed by atoms with Gasteiger partial charge < -0.3 is 5.32 Å². The molecule has 0 fully saturated rings. The van der Waals surface area contributed by atoms with E-state index in [-0.39, 0.29) is 17.5 Å². The van der Waals surface area contributed by atoms with Crippen molar-refractivity contribution < 1.29 is 18.0 Å². The molecule has 2 aromatic rings. The van der Waals surface area contributed by atoms with E-state index in [2.05, 4.69) is 15.4 Å². The Morgan fingerprint density at radius 3 is 2.81 bits per heavy atom. The highest BCUT2D eigenvalue weighted by atomic mass is 32.1. The summed E-state index contributed by atoms with van der Waals surface area (Å²) in [7, 11) is 0. The van der Waals surface area contributed by atoms with Crippen LogP contribution in [0.25, 0.3) is 0 Å². The van der Waals surface area contributed by atoms with E-state index >= 15 is 0 Å². The van der Waals surface area contributed by atoms with Gasteiger partial charge in [0.05, 0.1) is 6.04 Å². The van der Waals surface area contributed by atoms with Crippen LogP contribution >= 0.6 is 11.3 Å². The largest absolute Gasteiger partial charge is 0.434 e. The molecule has 2 rings (SSSR count). The molecule has 21 heavy (non-hydrogen) atoms. The molecule has 0 saturated heterocycles. The number of hydrogen-bond donors (Lipinski definition) is 1. The number of nitrogens with zero attached hydrogens (tertiary/aromatic N) is 3. The number of amides is 1. The van der Waals surface area contributed by atoms with Gasteiger partial charge in [0, 0.05) is 17.8 Å². The van der Waals surface area contributed by atoms with Gasteiger partial charge in [0.25, 0.3) is 0 Å². The van der Waals surface area contributed by atoms with E-state index in [0.29, 0.717) is 6.42 Å².